The predicted molar refractivity (Wildman–Crippen MR) is 70.7 cm³/mol. The van der Waals surface area contributed by atoms with Gasteiger partial charge in [0, 0.05) is 6.04 Å². The zero-order valence-corrected chi connectivity index (χ0v) is 10.7. The number of guanidine groups is 1. The Balaban J connectivity index is 0.00000162. The Morgan fingerprint density at radius 2 is 2.00 bits per heavy atom. The van der Waals surface area contributed by atoms with Crippen molar-refractivity contribution in [3.05, 3.63) is 35.9 Å². The minimum absolute atomic E-state index is 0. The van der Waals surface area contributed by atoms with Gasteiger partial charge in [-0.05, 0) is 18.4 Å². The second-order valence-electron chi connectivity index (χ2n) is 4.03. The van der Waals surface area contributed by atoms with E-state index in [2.05, 4.69) is 0 Å². The van der Waals surface area contributed by atoms with E-state index in [4.69, 9.17) is 15.9 Å². The molecule has 3 N–H and O–H groups in total. The highest BCUT2D eigenvalue weighted by atomic mass is 35.5. The van der Waals surface area contributed by atoms with Gasteiger partial charge >= 0.3 is 6.09 Å². The van der Waals surface area contributed by atoms with Crippen LogP contribution in [0, 0.1) is 5.41 Å². The fourth-order valence-electron chi connectivity index (χ4n) is 1.57. The predicted octanol–water partition coefficient (Wildman–Crippen LogP) is 2.10. The third-order valence-corrected chi connectivity index (χ3v) is 2.57. The molecule has 0 radical (unpaired) electrons. The van der Waals surface area contributed by atoms with Crippen LogP contribution in [0.5, 0.6) is 0 Å². The van der Waals surface area contributed by atoms with E-state index in [0.29, 0.717) is 0 Å². The number of amides is 1. The average molecular weight is 270 g/mol. The lowest BCUT2D eigenvalue weighted by molar-refractivity contribution is 0.114. The molecule has 0 unspecified atom stereocenters. The molecule has 6 heteroatoms. The maximum absolute atomic E-state index is 11.7. The summed E-state index contributed by atoms with van der Waals surface area (Å²) in [6, 6.07) is 9.47. The molecule has 0 saturated heterocycles. The number of hydrogen-bond donors (Lipinski definition) is 2. The molecule has 2 rings (SSSR count). The molecule has 1 fully saturated rings. The fraction of sp³-hybridized carbons (Fsp3) is 0.333. The number of nitrogens with two attached hydrogens (primary N) is 1. The summed E-state index contributed by atoms with van der Waals surface area (Å²) in [6.45, 7) is 0.205. The minimum atomic E-state index is -0.538. The topological polar surface area (TPSA) is 79.4 Å². The molecule has 1 aliphatic rings. The van der Waals surface area contributed by atoms with E-state index in [1.165, 1.54) is 4.90 Å². The number of ether oxygens (including phenoxy) is 1. The highest BCUT2D eigenvalue weighted by molar-refractivity contribution is 5.92. The van der Waals surface area contributed by atoms with Crippen molar-refractivity contribution >= 4 is 24.5 Å². The molecular weight excluding hydrogens is 254 g/mol. The molecule has 0 bridgehead atoms. The lowest BCUT2D eigenvalue weighted by Crippen LogP contribution is -2.43. The first-order chi connectivity index (χ1) is 8.18. The Kier molecular flexibility index (Phi) is 4.97. The van der Waals surface area contributed by atoms with Crippen molar-refractivity contribution in [3.8, 4) is 0 Å². The van der Waals surface area contributed by atoms with E-state index in [9.17, 15) is 4.79 Å². The normalized spacial score (nSPS) is 13.3. The second-order valence-corrected chi connectivity index (χ2v) is 4.03. The van der Waals surface area contributed by atoms with Crippen molar-refractivity contribution in [2.24, 2.45) is 5.73 Å². The Morgan fingerprint density at radius 3 is 2.50 bits per heavy atom. The lowest BCUT2D eigenvalue weighted by Gasteiger charge is -2.19. The van der Waals surface area contributed by atoms with Crippen LogP contribution in [-0.2, 0) is 11.3 Å². The molecule has 1 amide bonds. The molecule has 0 atom stereocenters. The largest absolute Gasteiger partial charge is 0.444 e. The van der Waals surface area contributed by atoms with Crippen LogP contribution in [0.3, 0.4) is 0 Å². The van der Waals surface area contributed by atoms with Crippen LogP contribution in [0.1, 0.15) is 18.4 Å². The third-order valence-electron chi connectivity index (χ3n) is 2.57. The van der Waals surface area contributed by atoms with Gasteiger partial charge in [-0.2, -0.15) is 0 Å². The van der Waals surface area contributed by atoms with Crippen molar-refractivity contribution in [1.82, 2.24) is 4.90 Å². The minimum Gasteiger partial charge on any atom is -0.444 e. The quantitative estimate of drug-likeness (QED) is 0.651. The number of nitrogens with one attached hydrogen (secondary N) is 1. The fourth-order valence-corrected chi connectivity index (χ4v) is 1.57. The summed E-state index contributed by atoms with van der Waals surface area (Å²) in [4.78, 5) is 12.9. The molecule has 18 heavy (non-hydrogen) atoms. The molecule has 5 nitrogen and oxygen atoms in total. The summed E-state index contributed by atoms with van der Waals surface area (Å²) in [7, 11) is 0. The number of rotatable bonds is 3. The Bertz CT molecular complexity index is 421. The average Bonchev–Trinajstić information content (AvgIpc) is 3.12. The Hall–Kier alpha value is -1.75. The molecular formula is C12H16ClN3O2. The van der Waals surface area contributed by atoms with Gasteiger partial charge in [0.15, 0.2) is 5.96 Å². The first-order valence-electron chi connectivity index (χ1n) is 5.52. The van der Waals surface area contributed by atoms with Gasteiger partial charge in [0.1, 0.15) is 6.61 Å². The van der Waals surface area contributed by atoms with E-state index in [-0.39, 0.29) is 31.0 Å². The first kappa shape index (κ1) is 14.3. The van der Waals surface area contributed by atoms with Crippen molar-refractivity contribution in [2.45, 2.75) is 25.5 Å². The molecule has 0 aromatic heterocycles. The van der Waals surface area contributed by atoms with Crippen molar-refractivity contribution < 1.29 is 9.53 Å². The molecule has 1 aromatic carbocycles. The van der Waals surface area contributed by atoms with Crippen LogP contribution in [-0.4, -0.2) is 23.0 Å². The molecule has 1 aromatic rings. The molecule has 0 aliphatic heterocycles. The van der Waals surface area contributed by atoms with Gasteiger partial charge in [0.05, 0.1) is 0 Å². The van der Waals surface area contributed by atoms with Crippen LogP contribution in [0.15, 0.2) is 30.3 Å². The van der Waals surface area contributed by atoms with Crippen LogP contribution >= 0.6 is 12.4 Å². The summed E-state index contributed by atoms with van der Waals surface area (Å²) >= 11 is 0. The Labute approximate surface area is 112 Å². The highest BCUT2D eigenvalue weighted by Crippen LogP contribution is 2.27. The standard InChI is InChI=1S/C12H15N3O2.ClH/c13-11(14)15(10-6-7-10)12(16)17-8-9-4-2-1-3-5-9;/h1-5,10H,6-8H2,(H3,13,14);1H. The van der Waals surface area contributed by atoms with E-state index in [1.807, 2.05) is 30.3 Å². The first-order valence-corrected chi connectivity index (χ1v) is 5.52. The maximum atomic E-state index is 11.7. The van der Waals surface area contributed by atoms with E-state index < -0.39 is 6.09 Å². The lowest BCUT2D eigenvalue weighted by atomic mass is 10.2. The van der Waals surface area contributed by atoms with Crippen LogP contribution in [0.4, 0.5) is 4.79 Å². The number of halogens is 1. The van der Waals surface area contributed by atoms with E-state index in [1.54, 1.807) is 0 Å². The third kappa shape index (κ3) is 3.63. The number of hydrogen-bond acceptors (Lipinski definition) is 3. The van der Waals surface area contributed by atoms with Gasteiger partial charge in [0.25, 0.3) is 0 Å². The zero-order chi connectivity index (χ0) is 12.3. The summed E-state index contributed by atoms with van der Waals surface area (Å²) in [5.74, 6) is -0.245. The van der Waals surface area contributed by atoms with Gasteiger partial charge in [-0.1, -0.05) is 30.3 Å². The molecule has 1 aliphatic carbocycles. The highest BCUT2D eigenvalue weighted by Gasteiger charge is 2.35. The van der Waals surface area contributed by atoms with Crippen molar-refractivity contribution in [2.75, 3.05) is 0 Å². The number of carbonyl (C=O) groups is 1. The summed E-state index contributed by atoms with van der Waals surface area (Å²) in [5.41, 5.74) is 6.27. The summed E-state index contributed by atoms with van der Waals surface area (Å²) < 4.78 is 5.12. The smallest absolute Gasteiger partial charge is 0.417 e. The zero-order valence-electron chi connectivity index (χ0n) is 9.83. The monoisotopic (exact) mass is 269 g/mol. The number of benzene rings is 1. The maximum Gasteiger partial charge on any atom is 0.417 e. The van der Waals surface area contributed by atoms with Crippen LogP contribution in [0.2, 0.25) is 0 Å². The van der Waals surface area contributed by atoms with Crippen LogP contribution in [0.25, 0.3) is 0 Å². The van der Waals surface area contributed by atoms with Crippen molar-refractivity contribution in [3.63, 3.8) is 0 Å². The van der Waals surface area contributed by atoms with Gasteiger partial charge < -0.3 is 10.5 Å². The summed E-state index contributed by atoms with van der Waals surface area (Å²) in [5, 5.41) is 7.34. The SMILES string of the molecule is Cl.N=C(N)N(C(=O)OCc1ccccc1)C1CC1. The van der Waals surface area contributed by atoms with E-state index in [0.717, 1.165) is 18.4 Å². The number of carbonyl (C=O) groups excluding carboxylic acids is 1. The Morgan fingerprint density at radius 1 is 1.39 bits per heavy atom. The van der Waals surface area contributed by atoms with E-state index >= 15 is 0 Å². The molecule has 1 saturated carbocycles. The second kappa shape index (κ2) is 6.26. The van der Waals surface area contributed by atoms with Gasteiger partial charge in [0.2, 0.25) is 0 Å². The molecule has 0 spiro atoms. The molecule has 98 valence electrons. The molecule has 0 heterocycles. The van der Waals surface area contributed by atoms with Crippen molar-refractivity contribution in [1.29, 1.82) is 5.41 Å². The van der Waals surface area contributed by atoms with Crippen LogP contribution < -0.4 is 5.73 Å². The van der Waals surface area contributed by atoms with Gasteiger partial charge in [-0.3, -0.25) is 5.41 Å². The number of nitrogens with zero attached hydrogens (tertiary/aromatic N) is 1. The van der Waals surface area contributed by atoms with Gasteiger partial charge in [-0.15, -0.1) is 12.4 Å². The summed E-state index contributed by atoms with van der Waals surface area (Å²) in [6.07, 6.45) is 1.24. The van der Waals surface area contributed by atoms with Gasteiger partial charge in [-0.25, -0.2) is 9.69 Å².